The van der Waals surface area contributed by atoms with E-state index in [1.165, 1.54) is 0 Å². The highest BCUT2D eigenvalue weighted by molar-refractivity contribution is 6.29. The van der Waals surface area contributed by atoms with Crippen LogP contribution in [0.15, 0.2) is 39.8 Å². The largest absolute Gasteiger partial charge is 0.348 e. The van der Waals surface area contributed by atoms with Crippen molar-refractivity contribution in [2.75, 3.05) is 27.7 Å². The average Bonchev–Trinajstić information content (AvgIpc) is 2.47. The minimum atomic E-state index is -0.290. The maximum atomic E-state index is 13.3. The summed E-state index contributed by atoms with van der Waals surface area (Å²) in [5.74, 6) is -0.290. The fourth-order valence-electron chi connectivity index (χ4n) is 2.34. The Morgan fingerprint density at radius 2 is 2.18 bits per heavy atom. The molecule has 0 radical (unpaired) electrons. The summed E-state index contributed by atoms with van der Waals surface area (Å²) >= 11 is 5.59. The van der Waals surface area contributed by atoms with Crippen molar-refractivity contribution in [3.8, 4) is 0 Å². The standard InChI is InChI=1S/C16H26ClFN4/c1-6-14-15(21(3)4)16(22(5)11-20-14)19-10-8-7-9-13(18)12(2)17/h6-8,11,15-16,19H,9-10H2,1-5H3. The zero-order valence-electron chi connectivity index (χ0n) is 14.0. The van der Waals surface area contributed by atoms with E-state index in [-0.39, 0.29) is 29.5 Å². The van der Waals surface area contributed by atoms with Crippen molar-refractivity contribution in [3.05, 3.63) is 34.8 Å². The maximum Gasteiger partial charge on any atom is 0.118 e. The number of aliphatic imine (C=N–C) groups is 1. The van der Waals surface area contributed by atoms with Gasteiger partial charge in [0.05, 0.1) is 18.1 Å². The van der Waals surface area contributed by atoms with E-state index in [0.717, 1.165) is 5.70 Å². The van der Waals surface area contributed by atoms with Gasteiger partial charge in [-0.25, -0.2) is 9.38 Å². The molecule has 1 heterocycles. The van der Waals surface area contributed by atoms with Crippen molar-refractivity contribution in [2.45, 2.75) is 32.5 Å². The van der Waals surface area contributed by atoms with E-state index in [1.54, 1.807) is 13.0 Å². The molecule has 0 spiro atoms. The molecule has 0 aromatic rings. The molecule has 0 fully saturated rings. The Hall–Kier alpha value is -1.17. The van der Waals surface area contributed by atoms with Crippen LogP contribution >= 0.6 is 11.6 Å². The van der Waals surface area contributed by atoms with Crippen molar-refractivity contribution in [3.63, 3.8) is 0 Å². The molecule has 0 aromatic carbocycles. The predicted molar refractivity (Wildman–Crippen MR) is 92.7 cm³/mol. The molecular weight excluding hydrogens is 303 g/mol. The average molecular weight is 329 g/mol. The number of nitrogens with one attached hydrogen (secondary N) is 1. The second kappa shape index (κ2) is 9.08. The normalized spacial score (nSPS) is 25.5. The van der Waals surface area contributed by atoms with E-state index < -0.39 is 0 Å². The fourth-order valence-corrected chi connectivity index (χ4v) is 2.41. The van der Waals surface area contributed by atoms with Crippen molar-refractivity contribution in [1.29, 1.82) is 0 Å². The Morgan fingerprint density at radius 1 is 1.50 bits per heavy atom. The molecule has 2 atom stereocenters. The van der Waals surface area contributed by atoms with Gasteiger partial charge >= 0.3 is 0 Å². The molecule has 2 unspecified atom stereocenters. The first-order chi connectivity index (χ1) is 10.4. The topological polar surface area (TPSA) is 30.9 Å². The number of hydrogen-bond donors (Lipinski definition) is 1. The molecule has 1 aliphatic rings. The van der Waals surface area contributed by atoms with Crippen LogP contribution in [-0.4, -0.2) is 56.0 Å². The predicted octanol–water partition coefficient (Wildman–Crippen LogP) is 3.10. The molecule has 1 aliphatic heterocycles. The van der Waals surface area contributed by atoms with Crippen LogP contribution in [0.1, 0.15) is 20.3 Å². The van der Waals surface area contributed by atoms with Crippen LogP contribution in [-0.2, 0) is 0 Å². The Bertz CT molecular complexity index is 479. The third-order valence-corrected chi connectivity index (χ3v) is 3.77. The molecule has 0 bridgehead atoms. The van der Waals surface area contributed by atoms with E-state index in [2.05, 4.69) is 20.1 Å². The van der Waals surface area contributed by atoms with Gasteiger partial charge in [-0.3, -0.25) is 10.2 Å². The molecule has 124 valence electrons. The van der Waals surface area contributed by atoms with Crippen molar-refractivity contribution < 1.29 is 4.39 Å². The van der Waals surface area contributed by atoms with E-state index in [0.29, 0.717) is 6.54 Å². The zero-order chi connectivity index (χ0) is 16.7. The summed E-state index contributed by atoms with van der Waals surface area (Å²) in [6.45, 7) is 4.20. The van der Waals surface area contributed by atoms with Gasteiger partial charge in [0.1, 0.15) is 12.0 Å². The smallest absolute Gasteiger partial charge is 0.118 e. The molecule has 0 saturated heterocycles. The molecule has 4 nitrogen and oxygen atoms in total. The molecule has 1 N–H and O–H groups in total. The molecule has 0 saturated carbocycles. The number of halogens is 2. The van der Waals surface area contributed by atoms with Gasteiger partial charge in [-0.2, -0.15) is 0 Å². The minimum Gasteiger partial charge on any atom is -0.348 e. The lowest BCUT2D eigenvalue weighted by atomic mass is 10.1. The Kier molecular flexibility index (Phi) is 7.79. The number of likely N-dealkylation sites (N-methyl/N-ethyl adjacent to an activating group) is 2. The fraction of sp³-hybridized carbons (Fsp3) is 0.562. The van der Waals surface area contributed by atoms with Crippen LogP contribution in [0.3, 0.4) is 0 Å². The second-order valence-electron chi connectivity index (χ2n) is 5.50. The lowest BCUT2D eigenvalue weighted by Crippen LogP contribution is -2.58. The Balaban J connectivity index is 2.64. The molecule has 0 aliphatic carbocycles. The van der Waals surface area contributed by atoms with Gasteiger partial charge in [-0.15, -0.1) is 0 Å². The minimum absolute atomic E-state index is 0.110. The van der Waals surface area contributed by atoms with E-state index in [9.17, 15) is 4.39 Å². The first kappa shape index (κ1) is 18.9. The summed E-state index contributed by atoms with van der Waals surface area (Å²) in [4.78, 5) is 8.65. The van der Waals surface area contributed by atoms with Crippen LogP contribution in [0.25, 0.3) is 0 Å². The summed E-state index contributed by atoms with van der Waals surface area (Å²) in [6, 6.07) is 0.162. The third kappa shape index (κ3) is 5.23. The zero-order valence-corrected chi connectivity index (χ0v) is 14.7. The summed E-state index contributed by atoms with van der Waals surface area (Å²) < 4.78 is 13.3. The van der Waals surface area contributed by atoms with Gasteiger partial charge in [-0.05, 0) is 27.9 Å². The Labute approximate surface area is 138 Å². The molecule has 0 aromatic heterocycles. The van der Waals surface area contributed by atoms with Crippen LogP contribution in [0, 0.1) is 0 Å². The first-order valence-electron chi connectivity index (χ1n) is 7.36. The quantitative estimate of drug-likeness (QED) is 0.760. The first-order valence-corrected chi connectivity index (χ1v) is 7.74. The maximum absolute atomic E-state index is 13.3. The summed E-state index contributed by atoms with van der Waals surface area (Å²) in [6.07, 6.45) is 7.90. The highest BCUT2D eigenvalue weighted by Crippen LogP contribution is 2.19. The number of allylic oxidation sites excluding steroid dienone is 4. The number of hydrogen-bond acceptors (Lipinski definition) is 4. The van der Waals surface area contributed by atoms with Crippen LogP contribution in [0.4, 0.5) is 4.39 Å². The molecule has 0 amide bonds. The van der Waals surface area contributed by atoms with Gasteiger partial charge in [0.25, 0.3) is 0 Å². The summed E-state index contributed by atoms with van der Waals surface area (Å²) in [5, 5.41) is 3.68. The summed E-state index contributed by atoms with van der Waals surface area (Å²) in [5.41, 5.74) is 1.04. The van der Waals surface area contributed by atoms with Gasteiger partial charge in [0.2, 0.25) is 0 Å². The van der Waals surface area contributed by atoms with Gasteiger partial charge in [0.15, 0.2) is 0 Å². The van der Waals surface area contributed by atoms with Gasteiger partial charge in [0, 0.05) is 25.0 Å². The lowest BCUT2D eigenvalue weighted by molar-refractivity contribution is 0.172. The number of nitrogens with zero attached hydrogens (tertiary/aromatic N) is 3. The van der Waals surface area contributed by atoms with Crippen molar-refractivity contribution >= 4 is 17.9 Å². The molecular formula is C16H26ClFN4. The third-order valence-electron chi connectivity index (χ3n) is 3.56. The number of rotatable bonds is 6. The highest BCUT2D eigenvalue weighted by Gasteiger charge is 2.31. The monoisotopic (exact) mass is 328 g/mol. The highest BCUT2D eigenvalue weighted by atomic mass is 35.5. The van der Waals surface area contributed by atoms with Crippen LogP contribution < -0.4 is 5.32 Å². The second-order valence-corrected chi connectivity index (χ2v) is 6.07. The van der Waals surface area contributed by atoms with Crippen molar-refractivity contribution in [2.24, 2.45) is 4.99 Å². The molecule has 1 rings (SSSR count). The molecule has 6 heteroatoms. The SMILES string of the molecule is CC=C1N=CN(C)C(NCC=CCC(F)=C(C)Cl)C1N(C)C. The molecule has 22 heavy (non-hydrogen) atoms. The van der Waals surface area contributed by atoms with Gasteiger partial charge < -0.3 is 4.90 Å². The summed E-state index contributed by atoms with van der Waals surface area (Å²) in [7, 11) is 6.07. The van der Waals surface area contributed by atoms with E-state index in [1.807, 2.05) is 46.6 Å². The van der Waals surface area contributed by atoms with Crippen LogP contribution in [0.2, 0.25) is 0 Å². The van der Waals surface area contributed by atoms with E-state index in [4.69, 9.17) is 11.6 Å². The lowest BCUT2D eigenvalue weighted by Gasteiger charge is -2.40. The van der Waals surface area contributed by atoms with Crippen LogP contribution in [0.5, 0.6) is 0 Å². The van der Waals surface area contributed by atoms with E-state index >= 15 is 0 Å². The van der Waals surface area contributed by atoms with Gasteiger partial charge in [-0.1, -0.05) is 29.8 Å². The van der Waals surface area contributed by atoms with Crippen molar-refractivity contribution in [1.82, 2.24) is 15.1 Å². The Morgan fingerprint density at radius 3 is 2.73 bits per heavy atom.